The van der Waals surface area contributed by atoms with Crippen LogP contribution in [0.4, 0.5) is 0 Å². The number of unbranched alkanes of at least 4 members (excludes halogenated alkanes) is 1. The molecule has 0 radical (unpaired) electrons. The van der Waals surface area contributed by atoms with Gasteiger partial charge in [-0.25, -0.2) is 0 Å². The molecule has 0 aromatic carbocycles. The first-order valence-corrected chi connectivity index (χ1v) is 2.92. The highest BCUT2D eigenvalue weighted by atomic mass is 28.1. The number of hydrogen-bond acceptors (Lipinski definition) is 1. The van der Waals surface area contributed by atoms with Gasteiger partial charge in [-0.3, -0.25) is 0 Å². The highest BCUT2D eigenvalue weighted by Crippen LogP contribution is 1.86. The third kappa shape index (κ3) is 9.49. The molecule has 0 aliphatic carbocycles. The molecule has 0 aromatic rings. The second-order valence-electron chi connectivity index (χ2n) is 2.16. The topological polar surface area (TPSA) is 3.24 Å². The molecule has 0 amide bonds. The van der Waals surface area contributed by atoms with Crippen LogP contribution in [0.15, 0.2) is 0 Å². The maximum absolute atomic E-state index is 2.21. The van der Waals surface area contributed by atoms with E-state index in [0.29, 0.717) is 0 Å². The number of hydrogen-bond donors (Lipinski definition) is 0. The maximum atomic E-state index is 2.21. The second-order valence-corrected chi connectivity index (χ2v) is 2.16. The van der Waals surface area contributed by atoms with Crippen LogP contribution in [-0.4, -0.2) is 36.5 Å². The van der Waals surface area contributed by atoms with Gasteiger partial charge in [-0.15, -0.1) is 0 Å². The molecule has 8 heavy (non-hydrogen) atoms. The summed E-state index contributed by atoms with van der Waals surface area (Å²) in [4.78, 5) is 2.21. The zero-order valence-electron chi connectivity index (χ0n) is 5.57. The van der Waals surface area contributed by atoms with Gasteiger partial charge in [-0.05, 0) is 38.0 Å². The summed E-state index contributed by atoms with van der Waals surface area (Å²) in [6.07, 6.45) is 2.63. The molecule has 0 saturated heterocycles. The Morgan fingerprint density at radius 3 is 1.88 bits per heavy atom. The van der Waals surface area contributed by atoms with Crippen molar-refractivity contribution in [3.05, 3.63) is 0 Å². The summed E-state index contributed by atoms with van der Waals surface area (Å²) in [5.41, 5.74) is 0. The minimum Gasteiger partial charge on any atom is -0.309 e. The Labute approximate surface area is 57.1 Å². The van der Waals surface area contributed by atoms with Gasteiger partial charge in [0.25, 0.3) is 0 Å². The van der Waals surface area contributed by atoms with Crippen molar-refractivity contribution in [2.24, 2.45) is 0 Å². The van der Waals surface area contributed by atoms with Gasteiger partial charge in [0.15, 0.2) is 0 Å². The van der Waals surface area contributed by atoms with Crippen molar-refractivity contribution >= 4 is 11.0 Å². The molecular weight excluding hydrogens is 114 g/mol. The summed E-state index contributed by atoms with van der Waals surface area (Å²) < 4.78 is 0. The van der Waals surface area contributed by atoms with Crippen molar-refractivity contribution in [2.75, 3.05) is 20.6 Å². The Hall–Kier alpha value is 0.177. The molecule has 0 heterocycles. The molecule has 0 aromatic heterocycles. The normalized spacial score (nSPS) is 9.00. The van der Waals surface area contributed by atoms with Gasteiger partial charge in [0, 0.05) is 0 Å². The van der Waals surface area contributed by atoms with Crippen LogP contribution in [0, 0.1) is 0 Å². The van der Waals surface area contributed by atoms with Gasteiger partial charge in [0.05, 0.1) is 0 Å². The molecule has 0 unspecified atom stereocenters. The van der Waals surface area contributed by atoms with Gasteiger partial charge in [-0.1, -0.05) is 13.3 Å². The average Bonchev–Trinajstić information content (AvgIpc) is 1.61. The van der Waals surface area contributed by atoms with Crippen molar-refractivity contribution in [3.8, 4) is 0 Å². The Morgan fingerprint density at radius 2 is 1.75 bits per heavy atom. The van der Waals surface area contributed by atoms with Crippen LogP contribution in [0.5, 0.6) is 0 Å². The smallest absolute Gasteiger partial charge is 0.00249 e. The zero-order valence-corrected chi connectivity index (χ0v) is 5.57. The maximum Gasteiger partial charge on any atom is -0.00249 e. The molecule has 0 spiro atoms. The lowest BCUT2D eigenvalue weighted by atomic mass is 10.3. The molecule has 0 bridgehead atoms. The van der Waals surface area contributed by atoms with Gasteiger partial charge >= 0.3 is 0 Å². The van der Waals surface area contributed by atoms with Crippen molar-refractivity contribution in [2.45, 2.75) is 19.8 Å². The van der Waals surface area contributed by atoms with Crippen LogP contribution in [0.2, 0.25) is 0 Å². The van der Waals surface area contributed by atoms with E-state index in [2.05, 4.69) is 25.9 Å². The first-order valence-electron chi connectivity index (χ1n) is 2.92. The Kier molecular flexibility index (Phi) is 9.90. The number of rotatable bonds is 3. The summed E-state index contributed by atoms with van der Waals surface area (Å²) in [7, 11) is 4.21. The Bertz CT molecular complexity index is 37.5. The molecule has 0 rings (SSSR count). The fourth-order valence-corrected chi connectivity index (χ4v) is 0.474. The standard InChI is InChI=1S/C6H15N.H4Si/c1-4-5-6-7(2)3;/h4-6H2,1-3H3;1H4. The lowest BCUT2D eigenvalue weighted by Gasteiger charge is -2.05. The van der Waals surface area contributed by atoms with E-state index >= 15 is 0 Å². The molecule has 0 aliphatic heterocycles. The lowest BCUT2D eigenvalue weighted by molar-refractivity contribution is 0.398. The largest absolute Gasteiger partial charge is 0.309 e. The average molecular weight is 133 g/mol. The van der Waals surface area contributed by atoms with Crippen LogP contribution in [-0.2, 0) is 0 Å². The van der Waals surface area contributed by atoms with E-state index in [9.17, 15) is 0 Å². The van der Waals surface area contributed by atoms with Crippen LogP contribution in [0.25, 0.3) is 0 Å². The molecule has 0 saturated carbocycles. The first kappa shape index (κ1) is 11.0. The molecular formula is C6H19NSi. The van der Waals surface area contributed by atoms with E-state index in [4.69, 9.17) is 0 Å². The predicted octanol–water partition coefficient (Wildman–Crippen LogP) is -0.103. The highest BCUT2D eigenvalue weighted by Gasteiger charge is 1.83. The quantitative estimate of drug-likeness (QED) is 0.486. The molecule has 0 aliphatic rings. The summed E-state index contributed by atoms with van der Waals surface area (Å²) in [5.74, 6) is 0. The third-order valence-corrected chi connectivity index (χ3v) is 0.959. The van der Waals surface area contributed by atoms with E-state index < -0.39 is 0 Å². The van der Waals surface area contributed by atoms with E-state index in [1.807, 2.05) is 0 Å². The molecule has 0 atom stereocenters. The van der Waals surface area contributed by atoms with Gasteiger partial charge in [0.2, 0.25) is 0 Å². The minimum absolute atomic E-state index is 0. The summed E-state index contributed by atoms with van der Waals surface area (Å²) in [5, 5.41) is 0. The first-order chi connectivity index (χ1) is 3.27. The van der Waals surface area contributed by atoms with Crippen molar-refractivity contribution in [1.82, 2.24) is 4.90 Å². The lowest BCUT2D eigenvalue weighted by Crippen LogP contribution is -2.12. The van der Waals surface area contributed by atoms with Crippen molar-refractivity contribution in [3.63, 3.8) is 0 Å². The highest BCUT2D eigenvalue weighted by molar-refractivity contribution is 5.75. The van der Waals surface area contributed by atoms with Crippen molar-refractivity contribution in [1.29, 1.82) is 0 Å². The van der Waals surface area contributed by atoms with E-state index in [0.717, 1.165) is 0 Å². The fraction of sp³-hybridized carbons (Fsp3) is 1.00. The molecule has 2 heteroatoms. The SMILES string of the molecule is CCCCN(C)C.[SiH4]. The van der Waals surface area contributed by atoms with Crippen LogP contribution >= 0.6 is 0 Å². The Balaban J connectivity index is 0. The van der Waals surface area contributed by atoms with Crippen LogP contribution < -0.4 is 0 Å². The molecule has 52 valence electrons. The minimum atomic E-state index is 0. The predicted molar refractivity (Wildman–Crippen MR) is 44.8 cm³/mol. The van der Waals surface area contributed by atoms with Crippen LogP contribution in [0.3, 0.4) is 0 Å². The van der Waals surface area contributed by atoms with Crippen molar-refractivity contribution < 1.29 is 0 Å². The summed E-state index contributed by atoms with van der Waals surface area (Å²) in [6, 6.07) is 0. The van der Waals surface area contributed by atoms with E-state index in [-0.39, 0.29) is 11.0 Å². The van der Waals surface area contributed by atoms with E-state index in [1.54, 1.807) is 0 Å². The monoisotopic (exact) mass is 133 g/mol. The second kappa shape index (κ2) is 7.18. The third-order valence-electron chi connectivity index (χ3n) is 0.959. The summed E-state index contributed by atoms with van der Waals surface area (Å²) in [6.45, 7) is 3.44. The van der Waals surface area contributed by atoms with Gasteiger partial charge in [0.1, 0.15) is 0 Å². The molecule has 1 nitrogen and oxygen atoms in total. The fourth-order valence-electron chi connectivity index (χ4n) is 0.474. The summed E-state index contributed by atoms with van der Waals surface area (Å²) >= 11 is 0. The molecule has 0 N–H and O–H groups in total. The number of nitrogens with zero attached hydrogens (tertiary/aromatic N) is 1. The van der Waals surface area contributed by atoms with Gasteiger partial charge < -0.3 is 4.90 Å². The van der Waals surface area contributed by atoms with Gasteiger partial charge in [-0.2, -0.15) is 0 Å². The zero-order chi connectivity index (χ0) is 5.70. The van der Waals surface area contributed by atoms with Crippen LogP contribution in [0.1, 0.15) is 19.8 Å². The van der Waals surface area contributed by atoms with E-state index in [1.165, 1.54) is 19.4 Å². The molecule has 0 fully saturated rings. The Morgan fingerprint density at radius 1 is 1.25 bits per heavy atom.